The molecule has 2 aromatic carbocycles. The standard InChI is InChI=1S/C29H35F2N3O2/c1-5-20(6-2)9-7-19(4)17-32-29(35)27-23-13-14-36-26-15-18(3)8-11-22(26)28(23)34(33-27)25-12-10-21(30)16-24(25)31/h8,10-12,15-16,19-20H,5-7,9,13-14,17H2,1-4H3,(H,32,35). The Balaban J connectivity index is 1.68. The fraction of sp³-hybridized carbons (Fsp3) is 0.448. The molecule has 2 heterocycles. The van der Waals surface area contributed by atoms with Crippen LogP contribution >= 0.6 is 0 Å². The van der Waals surface area contributed by atoms with Crippen molar-refractivity contribution < 1.29 is 18.3 Å². The van der Waals surface area contributed by atoms with Crippen molar-refractivity contribution in [2.24, 2.45) is 11.8 Å². The lowest BCUT2D eigenvalue weighted by Crippen LogP contribution is -2.29. The number of hydrogen-bond donors (Lipinski definition) is 1. The largest absolute Gasteiger partial charge is 0.493 e. The lowest BCUT2D eigenvalue weighted by Gasteiger charge is -2.16. The van der Waals surface area contributed by atoms with Crippen molar-refractivity contribution in [2.75, 3.05) is 13.2 Å². The Morgan fingerprint density at radius 2 is 1.92 bits per heavy atom. The van der Waals surface area contributed by atoms with E-state index in [0.29, 0.717) is 48.4 Å². The molecule has 0 saturated heterocycles. The average Bonchev–Trinajstić information content (AvgIpc) is 3.12. The van der Waals surface area contributed by atoms with Crippen LogP contribution in [0.5, 0.6) is 5.75 Å². The molecule has 1 aliphatic rings. The Hall–Kier alpha value is -3.22. The van der Waals surface area contributed by atoms with Gasteiger partial charge < -0.3 is 10.1 Å². The van der Waals surface area contributed by atoms with Crippen molar-refractivity contribution in [3.8, 4) is 22.7 Å². The molecule has 3 aromatic rings. The van der Waals surface area contributed by atoms with Gasteiger partial charge in [-0.1, -0.05) is 46.1 Å². The number of carbonyl (C=O) groups excluding carboxylic acids is 1. The van der Waals surface area contributed by atoms with E-state index in [2.05, 4.69) is 31.2 Å². The first-order valence-electron chi connectivity index (χ1n) is 12.9. The lowest BCUT2D eigenvalue weighted by atomic mass is 9.93. The van der Waals surface area contributed by atoms with Crippen LogP contribution in [0.1, 0.15) is 68.1 Å². The molecule has 0 fully saturated rings. The van der Waals surface area contributed by atoms with E-state index in [1.54, 1.807) is 0 Å². The van der Waals surface area contributed by atoms with Crippen molar-refractivity contribution in [3.63, 3.8) is 0 Å². The van der Waals surface area contributed by atoms with E-state index >= 15 is 0 Å². The first-order chi connectivity index (χ1) is 17.3. The fourth-order valence-electron chi connectivity index (χ4n) is 4.85. The van der Waals surface area contributed by atoms with Crippen LogP contribution in [0.25, 0.3) is 16.9 Å². The topological polar surface area (TPSA) is 56.2 Å². The summed E-state index contributed by atoms with van der Waals surface area (Å²) in [4.78, 5) is 13.4. The van der Waals surface area contributed by atoms with Gasteiger partial charge in [0.1, 0.15) is 17.3 Å². The van der Waals surface area contributed by atoms with Gasteiger partial charge in [0, 0.05) is 30.2 Å². The minimum atomic E-state index is -0.749. The van der Waals surface area contributed by atoms with Crippen LogP contribution in [0.4, 0.5) is 8.78 Å². The molecule has 1 N–H and O–H groups in total. The summed E-state index contributed by atoms with van der Waals surface area (Å²) in [6, 6.07) is 9.13. The molecule has 1 amide bonds. The number of fused-ring (bicyclic) bond motifs is 3. The van der Waals surface area contributed by atoms with Crippen LogP contribution < -0.4 is 10.1 Å². The highest BCUT2D eigenvalue weighted by Gasteiger charge is 2.29. The van der Waals surface area contributed by atoms with Gasteiger partial charge in [-0.15, -0.1) is 0 Å². The summed E-state index contributed by atoms with van der Waals surface area (Å²) in [5, 5.41) is 7.62. The highest BCUT2D eigenvalue weighted by molar-refractivity contribution is 5.96. The molecule has 0 spiro atoms. The van der Waals surface area contributed by atoms with Gasteiger partial charge in [0.2, 0.25) is 0 Å². The summed E-state index contributed by atoms with van der Waals surface area (Å²) in [7, 11) is 0. The molecular weight excluding hydrogens is 460 g/mol. The molecule has 0 aliphatic carbocycles. The number of halogens is 2. The number of carbonyl (C=O) groups is 1. The van der Waals surface area contributed by atoms with Crippen LogP contribution in [0.2, 0.25) is 0 Å². The Bertz CT molecular complexity index is 1230. The molecule has 1 atom stereocenters. The van der Waals surface area contributed by atoms with Gasteiger partial charge in [0.25, 0.3) is 5.91 Å². The summed E-state index contributed by atoms with van der Waals surface area (Å²) < 4.78 is 36.0. The predicted molar refractivity (Wildman–Crippen MR) is 138 cm³/mol. The SMILES string of the molecule is CCC(CC)CCC(C)CNC(=O)c1nn(-c2ccc(F)cc2F)c2c1CCOc1cc(C)ccc1-2. The van der Waals surface area contributed by atoms with Crippen molar-refractivity contribution in [1.82, 2.24) is 15.1 Å². The number of rotatable bonds is 9. The van der Waals surface area contributed by atoms with Crippen LogP contribution in [0.15, 0.2) is 36.4 Å². The van der Waals surface area contributed by atoms with Crippen LogP contribution in [-0.2, 0) is 6.42 Å². The number of aromatic nitrogens is 2. The quantitative estimate of drug-likeness (QED) is 0.362. The molecular formula is C29H35F2N3O2. The number of nitrogens with zero attached hydrogens (tertiary/aromatic N) is 2. The Morgan fingerprint density at radius 3 is 2.64 bits per heavy atom. The Morgan fingerprint density at radius 1 is 1.14 bits per heavy atom. The number of ether oxygens (including phenoxy) is 1. The lowest BCUT2D eigenvalue weighted by molar-refractivity contribution is 0.0940. The van der Waals surface area contributed by atoms with Gasteiger partial charge in [-0.2, -0.15) is 5.10 Å². The Labute approximate surface area is 211 Å². The van der Waals surface area contributed by atoms with Gasteiger partial charge in [0.05, 0.1) is 12.3 Å². The van der Waals surface area contributed by atoms with E-state index in [9.17, 15) is 13.6 Å². The second-order valence-electron chi connectivity index (χ2n) is 9.86. The van der Waals surface area contributed by atoms with Crippen LogP contribution in [0.3, 0.4) is 0 Å². The minimum absolute atomic E-state index is 0.0821. The molecule has 5 nitrogen and oxygen atoms in total. The van der Waals surface area contributed by atoms with Gasteiger partial charge in [-0.3, -0.25) is 4.79 Å². The zero-order valence-electron chi connectivity index (χ0n) is 21.5. The second-order valence-corrected chi connectivity index (χ2v) is 9.86. The number of hydrogen-bond acceptors (Lipinski definition) is 3. The van der Waals surface area contributed by atoms with E-state index in [4.69, 9.17) is 4.74 Å². The van der Waals surface area contributed by atoms with E-state index < -0.39 is 11.6 Å². The molecule has 36 heavy (non-hydrogen) atoms. The monoisotopic (exact) mass is 495 g/mol. The smallest absolute Gasteiger partial charge is 0.272 e. The third-order valence-electron chi connectivity index (χ3n) is 7.17. The highest BCUT2D eigenvalue weighted by atomic mass is 19.1. The molecule has 1 unspecified atom stereocenters. The van der Waals surface area contributed by atoms with Crippen molar-refractivity contribution in [1.29, 1.82) is 0 Å². The maximum Gasteiger partial charge on any atom is 0.272 e. The summed E-state index contributed by atoms with van der Waals surface area (Å²) in [6.45, 7) is 9.45. The van der Waals surface area contributed by atoms with Crippen molar-refractivity contribution in [3.05, 3.63) is 64.9 Å². The Kier molecular flexibility index (Phi) is 8.07. The highest BCUT2D eigenvalue weighted by Crippen LogP contribution is 2.39. The number of amides is 1. The molecule has 192 valence electrons. The maximum absolute atomic E-state index is 14.9. The molecule has 0 bridgehead atoms. The molecule has 7 heteroatoms. The van der Waals surface area contributed by atoms with E-state index in [0.717, 1.165) is 30.0 Å². The third-order valence-corrected chi connectivity index (χ3v) is 7.17. The zero-order valence-corrected chi connectivity index (χ0v) is 21.5. The molecule has 1 aromatic heterocycles. The number of aryl methyl sites for hydroxylation is 1. The van der Waals surface area contributed by atoms with Crippen molar-refractivity contribution >= 4 is 5.91 Å². The fourth-order valence-corrected chi connectivity index (χ4v) is 4.85. The number of benzene rings is 2. The molecule has 0 radical (unpaired) electrons. The van der Waals surface area contributed by atoms with Crippen LogP contribution in [0, 0.1) is 30.4 Å². The van der Waals surface area contributed by atoms with Gasteiger partial charge in [0.15, 0.2) is 11.5 Å². The second kappa shape index (κ2) is 11.2. The number of nitrogens with one attached hydrogen (secondary N) is 1. The summed E-state index contributed by atoms with van der Waals surface area (Å²) in [6.07, 6.45) is 4.97. The van der Waals surface area contributed by atoms with Gasteiger partial charge in [-0.05, 0) is 55.0 Å². The van der Waals surface area contributed by atoms with Gasteiger partial charge >= 0.3 is 0 Å². The summed E-state index contributed by atoms with van der Waals surface area (Å²) >= 11 is 0. The molecule has 0 saturated carbocycles. The predicted octanol–water partition coefficient (Wildman–Crippen LogP) is 6.64. The molecule has 4 rings (SSSR count). The van der Waals surface area contributed by atoms with E-state index in [1.165, 1.54) is 29.7 Å². The van der Waals surface area contributed by atoms with Crippen LogP contribution in [-0.4, -0.2) is 28.8 Å². The third kappa shape index (κ3) is 5.45. The minimum Gasteiger partial charge on any atom is -0.493 e. The normalized spacial score (nSPS) is 13.5. The van der Waals surface area contributed by atoms with Gasteiger partial charge in [-0.25, -0.2) is 13.5 Å². The maximum atomic E-state index is 14.9. The van der Waals surface area contributed by atoms with E-state index in [-0.39, 0.29) is 17.3 Å². The molecule has 1 aliphatic heterocycles. The summed E-state index contributed by atoms with van der Waals surface area (Å²) in [5.74, 6) is -0.0204. The van der Waals surface area contributed by atoms with E-state index in [1.807, 2.05) is 25.1 Å². The van der Waals surface area contributed by atoms with Crippen molar-refractivity contribution in [2.45, 2.75) is 59.8 Å². The average molecular weight is 496 g/mol. The zero-order chi connectivity index (χ0) is 25.8. The first kappa shape index (κ1) is 25.9. The first-order valence-corrected chi connectivity index (χ1v) is 12.9. The summed E-state index contributed by atoms with van der Waals surface area (Å²) in [5.41, 5.74) is 3.37.